The van der Waals surface area contributed by atoms with Crippen molar-refractivity contribution in [2.24, 2.45) is 0 Å². The Labute approximate surface area is 96.8 Å². The molecule has 1 aromatic carbocycles. The Morgan fingerprint density at radius 2 is 2.12 bits per heavy atom. The van der Waals surface area contributed by atoms with Gasteiger partial charge in [0.1, 0.15) is 6.04 Å². The Balaban J connectivity index is 2.19. The van der Waals surface area contributed by atoms with Gasteiger partial charge in [-0.1, -0.05) is 36.4 Å². The van der Waals surface area contributed by atoms with Crippen molar-refractivity contribution in [3.05, 3.63) is 48.6 Å². The van der Waals surface area contributed by atoms with Gasteiger partial charge in [0.25, 0.3) is 0 Å². The van der Waals surface area contributed by atoms with Crippen molar-refractivity contribution >= 4 is 0 Å². The SMILES string of the molecule is C=CCN1[C@H](C#N)[C@@H](c2ccccc2)[C@@H]1C. The summed E-state index contributed by atoms with van der Waals surface area (Å²) in [6, 6.07) is 13.1. The van der Waals surface area contributed by atoms with Crippen molar-refractivity contribution in [1.29, 1.82) is 5.26 Å². The quantitative estimate of drug-likeness (QED) is 0.720. The van der Waals surface area contributed by atoms with Crippen LogP contribution in [-0.2, 0) is 0 Å². The summed E-state index contributed by atoms with van der Waals surface area (Å²) in [6.45, 7) is 6.70. The molecule has 0 radical (unpaired) electrons. The van der Waals surface area contributed by atoms with Gasteiger partial charge in [-0.15, -0.1) is 6.58 Å². The van der Waals surface area contributed by atoms with Gasteiger partial charge in [0.05, 0.1) is 6.07 Å². The molecular weight excluding hydrogens is 196 g/mol. The highest BCUT2D eigenvalue weighted by atomic mass is 15.3. The molecule has 1 aromatic rings. The summed E-state index contributed by atoms with van der Waals surface area (Å²) >= 11 is 0. The fraction of sp³-hybridized carbons (Fsp3) is 0.357. The lowest BCUT2D eigenvalue weighted by atomic mass is 9.76. The zero-order valence-corrected chi connectivity index (χ0v) is 9.50. The average Bonchev–Trinajstić information content (AvgIpc) is 2.33. The molecule has 2 heteroatoms. The summed E-state index contributed by atoms with van der Waals surface area (Å²) in [5.41, 5.74) is 1.27. The zero-order valence-electron chi connectivity index (χ0n) is 9.50. The second kappa shape index (κ2) is 4.51. The summed E-state index contributed by atoms with van der Waals surface area (Å²) < 4.78 is 0. The minimum atomic E-state index is -0.00426. The maximum absolute atomic E-state index is 9.21. The van der Waals surface area contributed by atoms with E-state index in [4.69, 9.17) is 0 Å². The smallest absolute Gasteiger partial charge is 0.107 e. The van der Waals surface area contributed by atoms with Gasteiger partial charge in [0.15, 0.2) is 0 Å². The van der Waals surface area contributed by atoms with E-state index in [0.29, 0.717) is 12.0 Å². The third-order valence-electron chi connectivity index (χ3n) is 3.40. The number of hydrogen-bond acceptors (Lipinski definition) is 2. The summed E-state index contributed by atoms with van der Waals surface area (Å²) in [4.78, 5) is 2.19. The minimum absolute atomic E-state index is 0.00426. The molecule has 0 saturated carbocycles. The molecule has 3 atom stereocenters. The van der Waals surface area contributed by atoms with Crippen LogP contribution in [0.2, 0.25) is 0 Å². The maximum Gasteiger partial charge on any atom is 0.107 e. The first-order valence-electron chi connectivity index (χ1n) is 5.60. The first-order chi connectivity index (χ1) is 7.79. The van der Waals surface area contributed by atoms with E-state index in [1.54, 1.807) is 0 Å². The molecule has 1 fully saturated rings. The van der Waals surface area contributed by atoms with Gasteiger partial charge in [0, 0.05) is 18.5 Å². The van der Waals surface area contributed by atoms with Crippen molar-refractivity contribution in [2.75, 3.05) is 6.54 Å². The lowest BCUT2D eigenvalue weighted by Gasteiger charge is -2.50. The summed E-state index contributed by atoms with van der Waals surface area (Å²) in [5.74, 6) is 0.339. The monoisotopic (exact) mass is 212 g/mol. The van der Waals surface area contributed by atoms with Gasteiger partial charge in [-0.05, 0) is 12.5 Å². The first-order valence-corrected chi connectivity index (χ1v) is 5.60. The van der Waals surface area contributed by atoms with E-state index >= 15 is 0 Å². The van der Waals surface area contributed by atoms with E-state index in [2.05, 4.69) is 36.6 Å². The lowest BCUT2D eigenvalue weighted by Crippen LogP contribution is -2.60. The Bertz CT molecular complexity index is 404. The predicted octanol–water partition coefficient (Wildman–Crippen LogP) is 2.55. The van der Waals surface area contributed by atoms with Crippen LogP contribution in [0.5, 0.6) is 0 Å². The van der Waals surface area contributed by atoms with E-state index in [-0.39, 0.29) is 6.04 Å². The van der Waals surface area contributed by atoms with Gasteiger partial charge in [-0.3, -0.25) is 4.90 Å². The molecule has 82 valence electrons. The standard InChI is InChI=1S/C14H16N2/c1-3-9-16-11(2)14(13(16)10-15)12-7-5-4-6-8-12/h3-8,11,13-14H,1,9H2,2H3/t11-,13+,14+/m0/s1. The Morgan fingerprint density at radius 3 is 2.69 bits per heavy atom. The van der Waals surface area contributed by atoms with Crippen molar-refractivity contribution in [3.8, 4) is 6.07 Å². The van der Waals surface area contributed by atoms with Crippen LogP contribution in [0.4, 0.5) is 0 Å². The van der Waals surface area contributed by atoms with E-state index in [1.165, 1.54) is 5.56 Å². The van der Waals surface area contributed by atoms with E-state index in [1.807, 2.05) is 24.3 Å². The number of rotatable bonds is 3. The summed E-state index contributed by atoms with van der Waals surface area (Å²) in [5, 5.41) is 9.21. The molecule has 1 aliphatic heterocycles. The van der Waals surface area contributed by atoms with Crippen LogP contribution in [0.15, 0.2) is 43.0 Å². The largest absolute Gasteiger partial charge is 0.280 e. The van der Waals surface area contributed by atoms with E-state index < -0.39 is 0 Å². The zero-order chi connectivity index (χ0) is 11.5. The number of hydrogen-bond donors (Lipinski definition) is 0. The highest BCUT2D eigenvalue weighted by Gasteiger charge is 2.45. The van der Waals surface area contributed by atoms with Crippen LogP contribution in [0.3, 0.4) is 0 Å². The van der Waals surface area contributed by atoms with Gasteiger partial charge in [0.2, 0.25) is 0 Å². The molecule has 1 aliphatic rings. The van der Waals surface area contributed by atoms with Crippen molar-refractivity contribution < 1.29 is 0 Å². The van der Waals surface area contributed by atoms with Gasteiger partial charge < -0.3 is 0 Å². The molecule has 2 rings (SSSR count). The molecule has 0 bridgehead atoms. The predicted molar refractivity (Wildman–Crippen MR) is 64.9 cm³/mol. The van der Waals surface area contributed by atoms with Gasteiger partial charge in [-0.2, -0.15) is 5.26 Å². The van der Waals surface area contributed by atoms with Crippen molar-refractivity contribution in [1.82, 2.24) is 4.90 Å². The van der Waals surface area contributed by atoms with Crippen LogP contribution >= 0.6 is 0 Å². The second-order valence-corrected chi connectivity index (χ2v) is 4.24. The molecule has 0 unspecified atom stereocenters. The Kier molecular flexibility index (Phi) is 3.07. The Morgan fingerprint density at radius 1 is 1.44 bits per heavy atom. The molecule has 16 heavy (non-hydrogen) atoms. The summed E-state index contributed by atoms with van der Waals surface area (Å²) in [6.07, 6.45) is 1.86. The molecule has 0 spiro atoms. The molecule has 2 nitrogen and oxygen atoms in total. The molecule has 1 saturated heterocycles. The Hall–Kier alpha value is -1.59. The van der Waals surface area contributed by atoms with Gasteiger partial charge >= 0.3 is 0 Å². The lowest BCUT2D eigenvalue weighted by molar-refractivity contribution is 0.0416. The molecule has 0 aliphatic carbocycles. The first kappa shape index (κ1) is 10.9. The van der Waals surface area contributed by atoms with Crippen LogP contribution in [0.1, 0.15) is 18.4 Å². The summed E-state index contributed by atoms with van der Waals surface area (Å²) in [7, 11) is 0. The molecule has 0 amide bonds. The van der Waals surface area contributed by atoms with Crippen LogP contribution < -0.4 is 0 Å². The normalized spacial score (nSPS) is 29.1. The number of nitriles is 1. The fourth-order valence-electron chi connectivity index (χ4n) is 2.55. The number of nitrogens with zero attached hydrogens (tertiary/aromatic N) is 2. The third kappa shape index (κ3) is 1.64. The molecule has 0 N–H and O–H groups in total. The van der Waals surface area contributed by atoms with Crippen molar-refractivity contribution in [3.63, 3.8) is 0 Å². The molecule has 1 heterocycles. The van der Waals surface area contributed by atoms with Crippen LogP contribution in [0, 0.1) is 11.3 Å². The highest BCUT2D eigenvalue weighted by molar-refractivity contribution is 5.31. The molecular formula is C14H16N2. The second-order valence-electron chi connectivity index (χ2n) is 4.24. The van der Waals surface area contributed by atoms with Gasteiger partial charge in [-0.25, -0.2) is 0 Å². The minimum Gasteiger partial charge on any atom is -0.280 e. The van der Waals surface area contributed by atoms with E-state index in [0.717, 1.165) is 6.54 Å². The highest BCUT2D eigenvalue weighted by Crippen LogP contribution is 2.39. The third-order valence-corrected chi connectivity index (χ3v) is 3.40. The number of benzene rings is 1. The molecule has 0 aromatic heterocycles. The topological polar surface area (TPSA) is 27.0 Å². The van der Waals surface area contributed by atoms with Crippen LogP contribution in [0.25, 0.3) is 0 Å². The maximum atomic E-state index is 9.21. The fourth-order valence-corrected chi connectivity index (χ4v) is 2.55. The van der Waals surface area contributed by atoms with Crippen molar-refractivity contribution in [2.45, 2.75) is 24.9 Å². The van der Waals surface area contributed by atoms with E-state index in [9.17, 15) is 5.26 Å². The number of likely N-dealkylation sites (tertiary alicyclic amines) is 1. The average molecular weight is 212 g/mol. The van der Waals surface area contributed by atoms with Crippen LogP contribution in [-0.4, -0.2) is 23.5 Å².